The fourth-order valence-corrected chi connectivity index (χ4v) is 4.46. The maximum Gasteiger partial charge on any atom is 0.220 e. The summed E-state index contributed by atoms with van der Waals surface area (Å²) in [7, 11) is 1.72. The molecular formula is C23H37N5O. The van der Waals surface area contributed by atoms with Crippen LogP contribution in [0.4, 0.5) is 0 Å². The van der Waals surface area contributed by atoms with E-state index in [9.17, 15) is 4.79 Å². The van der Waals surface area contributed by atoms with Gasteiger partial charge in [-0.2, -0.15) is 0 Å². The Labute approximate surface area is 175 Å². The molecule has 0 bridgehead atoms. The van der Waals surface area contributed by atoms with Crippen LogP contribution in [0.5, 0.6) is 0 Å². The number of benzene rings is 1. The normalized spacial score (nSPS) is 21.4. The molecule has 1 amide bonds. The van der Waals surface area contributed by atoms with Crippen molar-refractivity contribution in [3.8, 4) is 0 Å². The van der Waals surface area contributed by atoms with Crippen molar-refractivity contribution in [2.75, 3.05) is 39.8 Å². The molecule has 1 unspecified atom stereocenters. The van der Waals surface area contributed by atoms with Crippen molar-refractivity contribution in [3.05, 3.63) is 35.9 Å². The van der Waals surface area contributed by atoms with Gasteiger partial charge in [-0.3, -0.25) is 14.7 Å². The first-order chi connectivity index (χ1) is 14.2. The first-order valence-corrected chi connectivity index (χ1v) is 11.2. The number of likely N-dealkylation sites (tertiary alicyclic amines) is 2. The molecule has 0 radical (unpaired) electrons. The molecule has 2 heterocycles. The Morgan fingerprint density at radius 2 is 1.90 bits per heavy atom. The number of hydrogen-bond donors (Lipinski definition) is 2. The third-order valence-corrected chi connectivity index (χ3v) is 6.18. The highest BCUT2D eigenvalue weighted by Crippen LogP contribution is 2.22. The Bertz CT molecular complexity index is 654. The molecule has 3 rings (SSSR count). The molecule has 29 heavy (non-hydrogen) atoms. The van der Waals surface area contributed by atoms with Gasteiger partial charge in [0.15, 0.2) is 5.96 Å². The van der Waals surface area contributed by atoms with Gasteiger partial charge in [-0.15, -0.1) is 0 Å². The summed E-state index contributed by atoms with van der Waals surface area (Å²) < 4.78 is 0. The minimum Gasteiger partial charge on any atom is -0.359 e. The van der Waals surface area contributed by atoms with Crippen LogP contribution in [0.2, 0.25) is 0 Å². The largest absolute Gasteiger partial charge is 0.359 e. The van der Waals surface area contributed by atoms with Crippen molar-refractivity contribution >= 4 is 11.9 Å². The first-order valence-electron chi connectivity index (χ1n) is 11.2. The minimum absolute atomic E-state index is 0.156. The summed E-state index contributed by atoms with van der Waals surface area (Å²) in [6, 6.07) is 11.3. The highest BCUT2D eigenvalue weighted by Gasteiger charge is 2.26. The Morgan fingerprint density at radius 3 is 2.59 bits per heavy atom. The van der Waals surface area contributed by atoms with Crippen LogP contribution in [-0.4, -0.2) is 67.5 Å². The van der Waals surface area contributed by atoms with Gasteiger partial charge in [0.1, 0.15) is 0 Å². The summed E-state index contributed by atoms with van der Waals surface area (Å²) in [5.41, 5.74) is 1.38. The molecule has 1 aromatic carbocycles. The van der Waals surface area contributed by atoms with Crippen molar-refractivity contribution in [1.29, 1.82) is 0 Å². The minimum atomic E-state index is 0.156. The van der Waals surface area contributed by atoms with Gasteiger partial charge in [0.05, 0.1) is 6.54 Å². The molecule has 0 aromatic heterocycles. The Kier molecular flexibility index (Phi) is 8.35. The maximum absolute atomic E-state index is 11.6. The third-order valence-electron chi connectivity index (χ3n) is 6.18. The van der Waals surface area contributed by atoms with Crippen LogP contribution >= 0.6 is 0 Å². The lowest BCUT2D eigenvalue weighted by Gasteiger charge is -2.34. The van der Waals surface area contributed by atoms with E-state index in [4.69, 9.17) is 4.99 Å². The SMILES string of the molecule is CCNC(=NCC1CCCN1Cc1ccccc1)N1CCC(CC(=O)NC)CC1. The van der Waals surface area contributed by atoms with E-state index in [1.165, 1.54) is 18.4 Å². The molecule has 0 aliphatic carbocycles. The smallest absolute Gasteiger partial charge is 0.220 e. The number of guanidine groups is 1. The summed E-state index contributed by atoms with van der Waals surface area (Å²) in [5, 5.41) is 6.23. The Balaban J connectivity index is 1.54. The van der Waals surface area contributed by atoms with Crippen LogP contribution in [0, 0.1) is 5.92 Å². The van der Waals surface area contributed by atoms with Gasteiger partial charge < -0.3 is 15.5 Å². The van der Waals surface area contributed by atoms with E-state index in [-0.39, 0.29) is 5.91 Å². The molecule has 2 aliphatic heterocycles. The van der Waals surface area contributed by atoms with Gasteiger partial charge in [-0.1, -0.05) is 30.3 Å². The zero-order valence-electron chi connectivity index (χ0n) is 18.1. The molecule has 6 heteroatoms. The van der Waals surface area contributed by atoms with E-state index in [0.717, 1.165) is 58.1 Å². The van der Waals surface area contributed by atoms with Gasteiger partial charge in [0.2, 0.25) is 5.91 Å². The number of piperidine rings is 1. The van der Waals surface area contributed by atoms with Crippen LogP contribution < -0.4 is 10.6 Å². The number of nitrogens with zero attached hydrogens (tertiary/aromatic N) is 3. The summed E-state index contributed by atoms with van der Waals surface area (Å²) in [6.07, 6.45) is 5.25. The monoisotopic (exact) mass is 399 g/mol. The quantitative estimate of drug-likeness (QED) is 0.546. The van der Waals surface area contributed by atoms with Crippen LogP contribution in [0.1, 0.15) is 44.6 Å². The number of hydrogen-bond acceptors (Lipinski definition) is 3. The van der Waals surface area contributed by atoms with E-state index in [1.54, 1.807) is 7.05 Å². The molecule has 2 aliphatic rings. The van der Waals surface area contributed by atoms with Crippen molar-refractivity contribution in [2.24, 2.45) is 10.9 Å². The highest BCUT2D eigenvalue weighted by atomic mass is 16.1. The molecule has 160 valence electrons. The second-order valence-corrected chi connectivity index (χ2v) is 8.25. The van der Waals surface area contributed by atoms with Crippen molar-refractivity contribution in [1.82, 2.24) is 20.4 Å². The Hall–Kier alpha value is -2.08. The highest BCUT2D eigenvalue weighted by molar-refractivity contribution is 5.80. The predicted molar refractivity (Wildman–Crippen MR) is 119 cm³/mol. The zero-order chi connectivity index (χ0) is 20.5. The molecule has 2 fully saturated rings. The summed E-state index contributed by atoms with van der Waals surface area (Å²) in [5.74, 6) is 1.69. The van der Waals surface area contributed by atoms with Crippen LogP contribution in [0.3, 0.4) is 0 Å². The second-order valence-electron chi connectivity index (χ2n) is 8.25. The van der Waals surface area contributed by atoms with Crippen molar-refractivity contribution in [2.45, 2.75) is 51.6 Å². The van der Waals surface area contributed by atoms with Gasteiger partial charge in [0.25, 0.3) is 0 Å². The number of aliphatic imine (C=N–C) groups is 1. The van der Waals surface area contributed by atoms with E-state index in [1.807, 2.05) is 0 Å². The van der Waals surface area contributed by atoms with Crippen molar-refractivity contribution < 1.29 is 4.79 Å². The first kappa shape index (κ1) is 21.6. The fraction of sp³-hybridized carbons (Fsp3) is 0.652. The second kappa shape index (κ2) is 11.2. The van der Waals surface area contributed by atoms with Gasteiger partial charge in [-0.25, -0.2) is 0 Å². The molecule has 6 nitrogen and oxygen atoms in total. The molecule has 0 saturated carbocycles. The van der Waals surface area contributed by atoms with Crippen LogP contribution in [0.25, 0.3) is 0 Å². The van der Waals surface area contributed by atoms with Crippen molar-refractivity contribution in [3.63, 3.8) is 0 Å². The van der Waals surface area contributed by atoms with E-state index in [2.05, 4.69) is 57.7 Å². The molecule has 2 saturated heterocycles. The maximum atomic E-state index is 11.6. The van der Waals surface area contributed by atoms with Gasteiger partial charge >= 0.3 is 0 Å². The lowest BCUT2D eigenvalue weighted by molar-refractivity contribution is -0.121. The van der Waals surface area contributed by atoms with Crippen LogP contribution in [0.15, 0.2) is 35.3 Å². The fourth-order valence-electron chi connectivity index (χ4n) is 4.46. The average Bonchev–Trinajstić information content (AvgIpc) is 3.19. The molecule has 2 N–H and O–H groups in total. The number of carbonyl (C=O) groups excluding carboxylic acids is 1. The van der Waals surface area contributed by atoms with E-state index in [0.29, 0.717) is 18.4 Å². The standard InChI is InChI=1S/C23H37N5O/c1-3-25-23(27-14-11-19(12-15-27)16-22(29)24-2)26-17-21-10-7-13-28(21)18-20-8-5-4-6-9-20/h4-6,8-9,19,21H,3,7,10-18H2,1-2H3,(H,24,29)(H,25,26). The summed E-state index contributed by atoms with van der Waals surface area (Å²) in [6.45, 7) is 8.00. The number of amides is 1. The predicted octanol–water partition coefficient (Wildman–Crippen LogP) is 2.46. The number of nitrogens with one attached hydrogen (secondary N) is 2. The Morgan fingerprint density at radius 1 is 1.14 bits per heavy atom. The van der Waals surface area contributed by atoms with Gasteiger partial charge in [-0.05, 0) is 50.6 Å². The lowest BCUT2D eigenvalue weighted by atomic mass is 9.93. The number of carbonyl (C=O) groups is 1. The lowest BCUT2D eigenvalue weighted by Crippen LogP contribution is -2.46. The topological polar surface area (TPSA) is 60.0 Å². The molecular weight excluding hydrogens is 362 g/mol. The third kappa shape index (κ3) is 6.46. The van der Waals surface area contributed by atoms with Gasteiger partial charge in [0, 0.05) is 45.7 Å². The molecule has 0 spiro atoms. The molecule has 1 aromatic rings. The zero-order valence-corrected chi connectivity index (χ0v) is 18.1. The summed E-state index contributed by atoms with van der Waals surface area (Å²) >= 11 is 0. The van der Waals surface area contributed by atoms with E-state index >= 15 is 0 Å². The average molecular weight is 400 g/mol. The van der Waals surface area contributed by atoms with E-state index < -0.39 is 0 Å². The summed E-state index contributed by atoms with van der Waals surface area (Å²) in [4.78, 5) is 21.6. The van der Waals surface area contributed by atoms with Crippen LogP contribution in [-0.2, 0) is 11.3 Å². The molecule has 1 atom stereocenters. The number of rotatable bonds is 7.